The Morgan fingerprint density at radius 3 is 2.42 bits per heavy atom. The number of hydrogen-bond donors (Lipinski definition) is 2. The first-order valence-electron chi connectivity index (χ1n) is 12.5. The monoisotopic (exact) mass is 634 g/mol. The Labute approximate surface area is 250 Å². The minimum atomic E-state index is -4.23. The molecule has 3 atom stereocenters. The molecule has 1 amide bonds. The number of nitrogens with one attached hydrogen (secondary N) is 1. The third kappa shape index (κ3) is 10.5. The molecule has 3 N–H and O–H groups in total. The van der Waals surface area contributed by atoms with E-state index in [9.17, 15) is 13.2 Å². The number of carbonyl (C=O) groups is 1. The van der Waals surface area contributed by atoms with Crippen LogP contribution in [0.3, 0.4) is 0 Å². The zero-order valence-electron chi connectivity index (χ0n) is 21.9. The van der Waals surface area contributed by atoms with Crippen molar-refractivity contribution in [2.24, 2.45) is 5.14 Å². The maximum absolute atomic E-state index is 12.7. The highest BCUT2D eigenvalue weighted by Crippen LogP contribution is 2.35. The van der Waals surface area contributed by atoms with Crippen LogP contribution in [0.2, 0.25) is 0 Å². The molecule has 13 heteroatoms. The number of benzene rings is 2. The van der Waals surface area contributed by atoms with E-state index in [-0.39, 0.29) is 19.6 Å². The number of rotatable bonds is 15. The van der Waals surface area contributed by atoms with Crippen molar-refractivity contribution in [3.05, 3.63) is 77.9 Å². The highest BCUT2D eigenvalue weighted by Gasteiger charge is 2.45. The van der Waals surface area contributed by atoms with Crippen LogP contribution in [0.1, 0.15) is 36.8 Å². The molecule has 9 nitrogen and oxygen atoms in total. The van der Waals surface area contributed by atoms with Crippen LogP contribution < -0.4 is 15.2 Å². The molecule has 220 valence electrons. The van der Waals surface area contributed by atoms with Crippen LogP contribution in [0, 0.1) is 0 Å². The van der Waals surface area contributed by atoms with E-state index in [2.05, 4.69) is 5.32 Å². The normalized spacial score (nSPS) is 19.9. The van der Waals surface area contributed by atoms with Gasteiger partial charge in [0.25, 0.3) is 9.70 Å². The van der Waals surface area contributed by atoms with E-state index in [0.717, 1.165) is 16.9 Å². The van der Waals surface area contributed by atoms with Gasteiger partial charge in [0, 0.05) is 0 Å². The molecule has 2 aromatic carbocycles. The number of hydrogen-bond acceptors (Lipinski definition) is 7. The van der Waals surface area contributed by atoms with Crippen LogP contribution in [-0.2, 0) is 41.8 Å². The summed E-state index contributed by atoms with van der Waals surface area (Å²) < 4.78 is 43.5. The lowest BCUT2D eigenvalue weighted by atomic mass is 9.87. The summed E-state index contributed by atoms with van der Waals surface area (Å²) in [5, 5.41) is 7.99. The number of ether oxygens (including phenoxy) is 3. The Bertz CT molecular complexity index is 1220. The summed E-state index contributed by atoms with van der Waals surface area (Å²) in [6.07, 6.45) is 4.05. The summed E-state index contributed by atoms with van der Waals surface area (Å²) in [4.78, 5) is 12.7. The Morgan fingerprint density at radius 2 is 1.80 bits per heavy atom. The molecule has 0 bridgehead atoms. The highest BCUT2D eigenvalue weighted by molar-refractivity contribution is 7.84. The predicted octanol–water partition coefficient (Wildman–Crippen LogP) is 4.74. The molecule has 3 rings (SSSR count). The van der Waals surface area contributed by atoms with E-state index in [1.165, 1.54) is 0 Å². The van der Waals surface area contributed by atoms with Gasteiger partial charge in [0.1, 0.15) is 12.5 Å². The van der Waals surface area contributed by atoms with Crippen LogP contribution in [0.4, 0.5) is 0 Å². The van der Waals surface area contributed by atoms with Crippen molar-refractivity contribution in [2.75, 3.05) is 13.9 Å². The van der Waals surface area contributed by atoms with Gasteiger partial charge < -0.3 is 19.5 Å². The summed E-state index contributed by atoms with van der Waals surface area (Å²) >= 11 is 17.6. The van der Waals surface area contributed by atoms with E-state index in [0.29, 0.717) is 25.9 Å². The lowest BCUT2D eigenvalue weighted by Gasteiger charge is -2.37. The van der Waals surface area contributed by atoms with Gasteiger partial charge in [-0.2, -0.15) is 8.42 Å². The molecule has 2 aromatic rings. The average molecular weight is 636 g/mol. The molecule has 0 radical (unpaired) electrons. The molecule has 0 saturated carbocycles. The maximum Gasteiger partial charge on any atom is 0.333 e. The standard InChI is InChI=1S/C27H33Cl3N2O7S/c1-36-22-12-10-21(11-13-22)18-37-19-38-24-8-5-16-26(24,32-25(33)27(28,29)30)17-15-23(39-40(31,34)35)14-9-20-6-3-2-4-7-20/h2-7,10-13,16,23-24H,8-9,14-15,17-19H2,1H3,(H,32,33)(H2,31,34,35)/t23-,24+,26-/m1/s1. The number of alkyl halides is 3. The second kappa shape index (κ2) is 14.8. The van der Waals surface area contributed by atoms with E-state index in [1.807, 2.05) is 60.7 Å². The Balaban J connectivity index is 1.69. The molecule has 0 saturated heterocycles. The van der Waals surface area contributed by atoms with Crippen molar-refractivity contribution in [1.29, 1.82) is 0 Å². The highest BCUT2D eigenvalue weighted by atomic mass is 35.6. The molecule has 0 heterocycles. The van der Waals surface area contributed by atoms with Gasteiger partial charge in [-0.3, -0.25) is 8.98 Å². The number of carbonyl (C=O) groups excluding carboxylic acids is 1. The van der Waals surface area contributed by atoms with Gasteiger partial charge in [-0.15, -0.1) is 0 Å². The average Bonchev–Trinajstić information content (AvgIpc) is 3.30. The van der Waals surface area contributed by atoms with E-state index < -0.39 is 37.8 Å². The summed E-state index contributed by atoms with van der Waals surface area (Å²) in [7, 11) is -2.64. The fourth-order valence-electron chi connectivity index (χ4n) is 4.46. The lowest BCUT2D eigenvalue weighted by molar-refractivity contribution is -0.131. The second-order valence-electron chi connectivity index (χ2n) is 9.37. The minimum absolute atomic E-state index is 0.0745. The van der Waals surface area contributed by atoms with Crippen molar-refractivity contribution in [1.82, 2.24) is 5.32 Å². The van der Waals surface area contributed by atoms with Crippen molar-refractivity contribution in [3.8, 4) is 5.75 Å². The molecule has 0 aromatic heterocycles. The third-order valence-corrected chi connectivity index (χ3v) is 7.53. The lowest BCUT2D eigenvalue weighted by Crippen LogP contribution is -2.57. The van der Waals surface area contributed by atoms with Crippen molar-refractivity contribution >= 4 is 51.0 Å². The molecule has 0 fully saturated rings. The van der Waals surface area contributed by atoms with E-state index >= 15 is 0 Å². The minimum Gasteiger partial charge on any atom is -0.497 e. The van der Waals surface area contributed by atoms with Gasteiger partial charge in [0.15, 0.2) is 0 Å². The Hall–Kier alpha value is -1.89. The first kappa shape index (κ1) is 32.6. The first-order valence-corrected chi connectivity index (χ1v) is 15.1. The molecule has 40 heavy (non-hydrogen) atoms. The SMILES string of the molecule is COc1ccc(COCO[C@H]2CC=C[C@]2(CC[C@@H](CCc2ccccc2)OS(N)(=O)=O)NC(=O)C(Cl)(Cl)Cl)cc1. The molecule has 1 aliphatic rings. The molecule has 0 aliphatic heterocycles. The molecule has 0 spiro atoms. The summed E-state index contributed by atoms with van der Waals surface area (Å²) in [6.45, 7) is 0.219. The van der Waals surface area contributed by atoms with Crippen molar-refractivity contribution in [3.63, 3.8) is 0 Å². The molecular weight excluding hydrogens is 603 g/mol. The Kier molecular flexibility index (Phi) is 12.1. The van der Waals surface area contributed by atoms with E-state index in [4.69, 9.17) is 58.3 Å². The van der Waals surface area contributed by atoms with Gasteiger partial charge >= 0.3 is 10.3 Å². The molecule has 0 unspecified atom stereocenters. The van der Waals surface area contributed by atoms with Gasteiger partial charge in [0.05, 0.1) is 31.5 Å². The Morgan fingerprint density at radius 1 is 1.10 bits per heavy atom. The van der Waals surface area contributed by atoms with Gasteiger partial charge in [-0.1, -0.05) is 89.4 Å². The van der Waals surface area contributed by atoms with Crippen LogP contribution in [0.15, 0.2) is 66.7 Å². The number of methoxy groups -OCH3 is 1. The zero-order valence-corrected chi connectivity index (χ0v) is 25.0. The zero-order chi connectivity index (χ0) is 29.2. The fourth-order valence-corrected chi connectivity index (χ4v) is 5.17. The fraction of sp³-hybridized carbons (Fsp3) is 0.444. The second-order valence-corrected chi connectivity index (χ2v) is 12.8. The molecule has 1 aliphatic carbocycles. The van der Waals surface area contributed by atoms with Crippen LogP contribution in [0.5, 0.6) is 5.75 Å². The number of nitrogens with two attached hydrogens (primary N) is 1. The van der Waals surface area contributed by atoms with Crippen LogP contribution in [-0.4, -0.2) is 49.8 Å². The van der Waals surface area contributed by atoms with Gasteiger partial charge in [-0.25, -0.2) is 5.14 Å². The van der Waals surface area contributed by atoms with Gasteiger partial charge in [0.2, 0.25) is 0 Å². The number of aryl methyl sites for hydroxylation is 1. The van der Waals surface area contributed by atoms with Gasteiger partial charge in [-0.05, 0) is 55.4 Å². The summed E-state index contributed by atoms with van der Waals surface area (Å²) in [5.74, 6) is -0.106. The van der Waals surface area contributed by atoms with E-state index in [1.54, 1.807) is 13.2 Å². The number of amides is 1. The smallest absolute Gasteiger partial charge is 0.333 e. The van der Waals surface area contributed by atoms with Crippen LogP contribution in [0.25, 0.3) is 0 Å². The first-order chi connectivity index (χ1) is 18.9. The third-order valence-electron chi connectivity index (χ3n) is 6.47. The van der Waals surface area contributed by atoms with Crippen molar-refractivity contribution < 1.29 is 31.6 Å². The largest absolute Gasteiger partial charge is 0.497 e. The number of halogens is 3. The maximum atomic E-state index is 12.7. The van der Waals surface area contributed by atoms with Crippen molar-refractivity contribution in [2.45, 2.75) is 60.3 Å². The molecular formula is C27H33Cl3N2O7S. The predicted molar refractivity (Wildman–Crippen MR) is 154 cm³/mol. The quantitative estimate of drug-likeness (QED) is 0.125. The summed E-state index contributed by atoms with van der Waals surface area (Å²) in [6, 6.07) is 17.0. The van der Waals surface area contributed by atoms with Crippen LogP contribution >= 0.6 is 34.8 Å². The topological polar surface area (TPSA) is 126 Å². The summed E-state index contributed by atoms with van der Waals surface area (Å²) in [5.41, 5.74) is 0.823.